The molecular formula is C17H24O. The fourth-order valence-electron chi connectivity index (χ4n) is 3.21. The van der Waals surface area contributed by atoms with Crippen molar-refractivity contribution in [3.8, 4) is 0 Å². The van der Waals surface area contributed by atoms with Crippen LogP contribution in [0.15, 0.2) is 24.3 Å². The van der Waals surface area contributed by atoms with E-state index in [4.69, 9.17) is 0 Å². The molecule has 1 aromatic carbocycles. The molecule has 0 radical (unpaired) electrons. The topological polar surface area (TPSA) is 17.1 Å². The second-order valence-electron chi connectivity index (χ2n) is 5.62. The first kappa shape index (κ1) is 13.3. The minimum absolute atomic E-state index is 0.0493. The lowest BCUT2D eigenvalue weighted by Crippen LogP contribution is -2.27. The Morgan fingerprint density at radius 3 is 2.22 bits per heavy atom. The maximum absolute atomic E-state index is 12.7. The maximum Gasteiger partial charge on any atom is 0.168 e. The van der Waals surface area contributed by atoms with Crippen LogP contribution >= 0.6 is 0 Å². The van der Waals surface area contributed by atoms with Gasteiger partial charge in [0.2, 0.25) is 0 Å². The monoisotopic (exact) mass is 244 g/mol. The SMILES string of the molecule is CCCc1ccc(C(=O)C2(CC)CCCC2)cc1. The van der Waals surface area contributed by atoms with E-state index in [0.29, 0.717) is 5.78 Å². The lowest BCUT2D eigenvalue weighted by molar-refractivity contribution is 0.0791. The molecule has 2 rings (SSSR count). The molecule has 0 aliphatic heterocycles. The lowest BCUT2D eigenvalue weighted by Gasteiger charge is -2.25. The standard InChI is InChI=1S/C17H24O/c1-3-7-14-8-10-15(11-9-14)16(18)17(4-2)12-5-6-13-17/h8-11H,3-7,12-13H2,1-2H3. The molecule has 1 heteroatoms. The Balaban J connectivity index is 2.17. The second-order valence-corrected chi connectivity index (χ2v) is 5.62. The van der Waals surface area contributed by atoms with E-state index in [2.05, 4.69) is 26.0 Å². The third-order valence-corrected chi connectivity index (χ3v) is 4.47. The minimum Gasteiger partial charge on any atom is -0.294 e. The summed E-state index contributed by atoms with van der Waals surface area (Å²) in [6, 6.07) is 8.30. The normalized spacial score (nSPS) is 17.9. The van der Waals surface area contributed by atoms with Crippen LogP contribution in [0.25, 0.3) is 0 Å². The molecule has 0 N–H and O–H groups in total. The number of hydrogen-bond donors (Lipinski definition) is 0. The molecule has 1 saturated carbocycles. The number of Topliss-reactive ketones (excluding diaryl/α,β-unsaturated/α-hetero) is 1. The summed E-state index contributed by atoms with van der Waals surface area (Å²) in [6.07, 6.45) is 7.85. The second kappa shape index (κ2) is 5.69. The molecule has 18 heavy (non-hydrogen) atoms. The van der Waals surface area contributed by atoms with E-state index in [0.717, 1.165) is 37.7 Å². The molecule has 0 atom stereocenters. The molecule has 1 aliphatic carbocycles. The van der Waals surface area contributed by atoms with Gasteiger partial charge in [0, 0.05) is 11.0 Å². The van der Waals surface area contributed by atoms with Gasteiger partial charge in [-0.3, -0.25) is 4.79 Å². The largest absolute Gasteiger partial charge is 0.294 e. The van der Waals surface area contributed by atoms with Gasteiger partial charge in [-0.25, -0.2) is 0 Å². The first-order valence-corrected chi connectivity index (χ1v) is 7.35. The van der Waals surface area contributed by atoms with Crippen molar-refractivity contribution in [2.75, 3.05) is 0 Å². The van der Waals surface area contributed by atoms with Crippen molar-refractivity contribution in [1.29, 1.82) is 0 Å². The zero-order valence-corrected chi connectivity index (χ0v) is 11.7. The van der Waals surface area contributed by atoms with Crippen molar-refractivity contribution in [3.05, 3.63) is 35.4 Å². The zero-order chi connectivity index (χ0) is 13.0. The van der Waals surface area contributed by atoms with Crippen molar-refractivity contribution < 1.29 is 4.79 Å². The Bertz CT molecular complexity index is 396. The lowest BCUT2D eigenvalue weighted by atomic mass is 9.76. The van der Waals surface area contributed by atoms with Crippen LogP contribution in [0.4, 0.5) is 0 Å². The molecule has 98 valence electrons. The average molecular weight is 244 g/mol. The van der Waals surface area contributed by atoms with Gasteiger partial charge in [-0.1, -0.05) is 57.4 Å². The summed E-state index contributed by atoms with van der Waals surface area (Å²) < 4.78 is 0. The van der Waals surface area contributed by atoms with Crippen LogP contribution in [0.3, 0.4) is 0 Å². The van der Waals surface area contributed by atoms with E-state index in [-0.39, 0.29) is 5.41 Å². The Hall–Kier alpha value is -1.11. The average Bonchev–Trinajstić information content (AvgIpc) is 2.89. The minimum atomic E-state index is -0.0493. The van der Waals surface area contributed by atoms with Gasteiger partial charge in [0.1, 0.15) is 0 Å². The van der Waals surface area contributed by atoms with E-state index < -0.39 is 0 Å². The third kappa shape index (κ3) is 2.50. The van der Waals surface area contributed by atoms with Crippen molar-refractivity contribution in [2.24, 2.45) is 5.41 Å². The van der Waals surface area contributed by atoms with Gasteiger partial charge in [-0.15, -0.1) is 0 Å². The van der Waals surface area contributed by atoms with E-state index >= 15 is 0 Å². The number of ketones is 1. The maximum atomic E-state index is 12.7. The highest BCUT2D eigenvalue weighted by molar-refractivity contribution is 6.00. The van der Waals surface area contributed by atoms with Crippen molar-refractivity contribution in [2.45, 2.75) is 58.8 Å². The van der Waals surface area contributed by atoms with E-state index in [1.54, 1.807) is 0 Å². The molecule has 0 saturated heterocycles. The number of hydrogen-bond acceptors (Lipinski definition) is 1. The summed E-state index contributed by atoms with van der Waals surface area (Å²) in [6.45, 7) is 4.35. The van der Waals surface area contributed by atoms with Gasteiger partial charge >= 0.3 is 0 Å². The summed E-state index contributed by atoms with van der Waals surface area (Å²) in [5.41, 5.74) is 2.20. The van der Waals surface area contributed by atoms with Crippen molar-refractivity contribution in [3.63, 3.8) is 0 Å². The number of carbonyl (C=O) groups is 1. The molecule has 1 aliphatic rings. The van der Waals surface area contributed by atoms with E-state index in [1.807, 2.05) is 12.1 Å². The Morgan fingerprint density at radius 1 is 1.11 bits per heavy atom. The fourth-order valence-corrected chi connectivity index (χ4v) is 3.21. The summed E-state index contributed by atoms with van der Waals surface area (Å²) in [7, 11) is 0. The molecule has 0 heterocycles. The molecule has 1 aromatic rings. The van der Waals surface area contributed by atoms with Crippen LogP contribution in [-0.2, 0) is 6.42 Å². The van der Waals surface area contributed by atoms with Crippen molar-refractivity contribution in [1.82, 2.24) is 0 Å². The highest BCUT2D eigenvalue weighted by Gasteiger charge is 2.39. The molecular weight excluding hydrogens is 220 g/mol. The van der Waals surface area contributed by atoms with Gasteiger partial charge in [-0.05, 0) is 31.2 Å². The zero-order valence-electron chi connectivity index (χ0n) is 11.7. The van der Waals surface area contributed by atoms with E-state index in [1.165, 1.54) is 18.4 Å². The smallest absolute Gasteiger partial charge is 0.168 e. The number of benzene rings is 1. The van der Waals surface area contributed by atoms with Crippen LogP contribution in [0.5, 0.6) is 0 Å². The summed E-state index contributed by atoms with van der Waals surface area (Å²) in [5.74, 6) is 0.380. The highest BCUT2D eigenvalue weighted by atomic mass is 16.1. The van der Waals surface area contributed by atoms with Gasteiger partial charge in [0.05, 0.1) is 0 Å². The summed E-state index contributed by atoms with van der Waals surface area (Å²) in [4.78, 5) is 12.7. The van der Waals surface area contributed by atoms with Crippen molar-refractivity contribution >= 4 is 5.78 Å². The van der Waals surface area contributed by atoms with Crippen LogP contribution in [-0.4, -0.2) is 5.78 Å². The predicted molar refractivity (Wildman–Crippen MR) is 76.0 cm³/mol. The van der Waals surface area contributed by atoms with Crippen LogP contribution < -0.4 is 0 Å². The van der Waals surface area contributed by atoms with Crippen LogP contribution in [0.1, 0.15) is 68.3 Å². The number of aryl methyl sites for hydroxylation is 1. The van der Waals surface area contributed by atoms with Crippen LogP contribution in [0, 0.1) is 5.41 Å². The number of rotatable bonds is 5. The molecule has 0 amide bonds. The third-order valence-electron chi connectivity index (χ3n) is 4.47. The predicted octanol–water partition coefficient (Wildman–Crippen LogP) is 4.79. The van der Waals surface area contributed by atoms with Gasteiger partial charge < -0.3 is 0 Å². The molecule has 1 nitrogen and oxygen atoms in total. The summed E-state index contributed by atoms with van der Waals surface area (Å²) >= 11 is 0. The molecule has 0 bridgehead atoms. The fraction of sp³-hybridized carbons (Fsp3) is 0.588. The molecule has 0 unspecified atom stereocenters. The first-order chi connectivity index (χ1) is 8.72. The highest BCUT2D eigenvalue weighted by Crippen LogP contribution is 2.43. The molecule has 1 fully saturated rings. The number of carbonyl (C=O) groups excluding carboxylic acids is 1. The quantitative estimate of drug-likeness (QED) is 0.680. The van der Waals surface area contributed by atoms with Crippen LogP contribution in [0.2, 0.25) is 0 Å². The Morgan fingerprint density at radius 2 is 1.72 bits per heavy atom. The Kier molecular flexibility index (Phi) is 4.21. The first-order valence-electron chi connectivity index (χ1n) is 7.35. The summed E-state index contributed by atoms with van der Waals surface area (Å²) in [5, 5.41) is 0. The molecule has 0 aromatic heterocycles. The van der Waals surface area contributed by atoms with Gasteiger partial charge in [-0.2, -0.15) is 0 Å². The van der Waals surface area contributed by atoms with Gasteiger partial charge in [0.15, 0.2) is 5.78 Å². The van der Waals surface area contributed by atoms with Gasteiger partial charge in [0.25, 0.3) is 0 Å². The molecule has 0 spiro atoms. The Labute approximate surface area is 111 Å². The van der Waals surface area contributed by atoms with E-state index in [9.17, 15) is 4.79 Å².